The van der Waals surface area contributed by atoms with Crippen LogP contribution < -0.4 is 0 Å². The Bertz CT molecular complexity index is 472. The van der Waals surface area contributed by atoms with E-state index in [9.17, 15) is 0 Å². The van der Waals surface area contributed by atoms with Crippen molar-refractivity contribution in [2.24, 2.45) is 0 Å². The Balaban J connectivity index is 2.13. The van der Waals surface area contributed by atoms with Gasteiger partial charge in [-0.3, -0.25) is 4.98 Å². The third-order valence-corrected chi connectivity index (χ3v) is 3.68. The average molecular weight is 233 g/mol. The normalized spacial score (nSPS) is 12.9. The van der Waals surface area contributed by atoms with Gasteiger partial charge in [0.05, 0.1) is 12.1 Å². The molecule has 2 rings (SSSR count). The summed E-state index contributed by atoms with van der Waals surface area (Å²) < 4.78 is 0. The van der Waals surface area contributed by atoms with E-state index in [1.165, 1.54) is 10.9 Å². The van der Waals surface area contributed by atoms with Crippen LogP contribution in [0.5, 0.6) is 0 Å². The summed E-state index contributed by atoms with van der Waals surface area (Å²) in [6, 6.07) is 10.3. The lowest BCUT2D eigenvalue weighted by Gasteiger charge is -2.07. The third-order valence-electron chi connectivity index (χ3n) is 2.46. The number of fused-ring (bicyclic) bond motifs is 1. The molecule has 1 aromatic heterocycles. The van der Waals surface area contributed by atoms with Gasteiger partial charge in [-0.25, -0.2) is 0 Å². The van der Waals surface area contributed by atoms with Gasteiger partial charge in [-0.15, -0.1) is 0 Å². The first-order valence-electron chi connectivity index (χ1n) is 5.35. The van der Waals surface area contributed by atoms with Crippen molar-refractivity contribution in [2.75, 3.05) is 6.61 Å². The van der Waals surface area contributed by atoms with E-state index in [1.807, 2.05) is 19.2 Å². The fourth-order valence-electron chi connectivity index (χ4n) is 1.51. The van der Waals surface area contributed by atoms with Crippen molar-refractivity contribution in [3.63, 3.8) is 0 Å². The van der Waals surface area contributed by atoms with Crippen LogP contribution in [0.3, 0.4) is 0 Å². The molecule has 0 saturated heterocycles. The highest BCUT2D eigenvalue weighted by Crippen LogP contribution is 2.20. The van der Waals surface area contributed by atoms with E-state index in [-0.39, 0.29) is 6.61 Å². The fourth-order valence-corrected chi connectivity index (χ4v) is 2.27. The van der Waals surface area contributed by atoms with Gasteiger partial charge in [0.15, 0.2) is 0 Å². The molecule has 0 fully saturated rings. The second kappa shape index (κ2) is 5.32. The van der Waals surface area contributed by atoms with Gasteiger partial charge in [0, 0.05) is 22.6 Å². The fraction of sp³-hybridized carbons (Fsp3) is 0.308. The van der Waals surface area contributed by atoms with Crippen LogP contribution >= 0.6 is 11.8 Å². The smallest absolute Gasteiger partial charge is 0.0702 e. The second-order valence-corrected chi connectivity index (χ2v) is 5.26. The zero-order chi connectivity index (χ0) is 11.4. The Morgan fingerprint density at radius 1 is 1.38 bits per heavy atom. The van der Waals surface area contributed by atoms with Crippen molar-refractivity contribution in [2.45, 2.75) is 17.9 Å². The molecule has 16 heavy (non-hydrogen) atoms. The zero-order valence-corrected chi connectivity index (χ0v) is 10.1. The summed E-state index contributed by atoms with van der Waals surface area (Å²) >= 11 is 1.77. The van der Waals surface area contributed by atoms with Gasteiger partial charge < -0.3 is 5.11 Å². The van der Waals surface area contributed by atoms with E-state index in [2.05, 4.69) is 29.2 Å². The van der Waals surface area contributed by atoms with E-state index in [0.717, 1.165) is 11.3 Å². The Morgan fingerprint density at radius 3 is 3.06 bits per heavy atom. The standard InChI is InChI=1S/C13H15NOS/c1-10(8-15)16-9-11-4-5-13-12(7-11)3-2-6-14-13/h2-7,10,15H,8-9H2,1H3. The number of benzene rings is 1. The molecule has 84 valence electrons. The molecule has 1 unspecified atom stereocenters. The van der Waals surface area contributed by atoms with Crippen molar-refractivity contribution in [1.82, 2.24) is 4.98 Å². The minimum atomic E-state index is 0.236. The molecule has 2 nitrogen and oxygen atoms in total. The van der Waals surface area contributed by atoms with Crippen molar-refractivity contribution in [3.8, 4) is 0 Å². The van der Waals surface area contributed by atoms with E-state index in [4.69, 9.17) is 5.11 Å². The second-order valence-electron chi connectivity index (χ2n) is 3.83. The third kappa shape index (κ3) is 2.74. The highest BCUT2D eigenvalue weighted by atomic mass is 32.2. The number of aromatic nitrogens is 1. The maximum atomic E-state index is 8.95. The SMILES string of the molecule is CC(CO)SCc1ccc2ncccc2c1. The van der Waals surface area contributed by atoms with Crippen LogP contribution in [0, 0.1) is 0 Å². The minimum Gasteiger partial charge on any atom is -0.395 e. The maximum Gasteiger partial charge on any atom is 0.0702 e. The molecule has 0 aliphatic rings. The lowest BCUT2D eigenvalue weighted by molar-refractivity contribution is 0.300. The van der Waals surface area contributed by atoms with Crippen LogP contribution in [0.2, 0.25) is 0 Å². The van der Waals surface area contributed by atoms with E-state index >= 15 is 0 Å². The lowest BCUT2D eigenvalue weighted by Crippen LogP contribution is -2.02. The summed E-state index contributed by atoms with van der Waals surface area (Å²) in [5.41, 5.74) is 2.32. The Kier molecular flexibility index (Phi) is 3.80. The van der Waals surface area contributed by atoms with Crippen LogP contribution in [0.25, 0.3) is 10.9 Å². The molecular weight excluding hydrogens is 218 g/mol. The Labute approximate surface area is 99.7 Å². The van der Waals surface area contributed by atoms with Crippen LogP contribution in [0.4, 0.5) is 0 Å². The molecular formula is C13H15NOS. The summed E-state index contributed by atoms with van der Waals surface area (Å²) in [7, 11) is 0. The maximum absolute atomic E-state index is 8.95. The highest BCUT2D eigenvalue weighted by molar-refractivity contribution is 7.99. The number of hydrogen-bond acceptors (Lipinski definition) is 3. The number of aliphatic hydroxyl groups is 1. The number of nitrogens with zero attached hydrogens (tertiary/aromatic N) is 1. The number of pyridine rings is 1. The summed E-state index contributed by atoms with van der Waals surface area (Å²) in [6.45, 7) is 2.27. The van der Waals surface area contributed by atoms with Crippen molar-refractivity contribution in [1.29, 1.82) is 0 Å². The van der Waals surface area contributed by atoms with Crippen LogP contribution in [-0.4, -0.2) is 21.9 Å². The van der Waals surface area contributed by atoms with Gasteiger partial charge in [-0.2, -0.15) is 11.8 Å². The van der Waals surface area contributed by atoms with Gasteiger partial charge >= 0.3 is 0 Å². The summed E-state index contributed by atoms with van der Waals surface area (Å²) in [5.74, 6) is 0.937. The van der Waals surface area contributed by atoms with E-state index in [1.54, 1.807) is 11.8 Å². The zero-order valence-electron chi connectivity index (χ0n) is 9.26. The van der Waals surface area contributed by atoms with E-state index in [0.29, 0.717) is 5.25 Å². The molecule has 2 aromatic rings. The monoisotopic (exact) mass is 233 g/mol. The minimum absolute atomic E-state index is 0.236. The van der Waals surface area contributed by atoms with Gasteiger partial charge in [-0.05, 0) is 23.8 Å². The highest BCUT2D eigenvalue weighted by Gasteiger charge is 2.02. The number of thioether (sulfide) groups is 1. The van der Waals surface area contributed by atoms with Crippen LogP contribution in [0.15, 0.2) is 36.5 Å². The molecule has 0 aliphatic carbocycles. The average Bonchev–Trinajstić information content (AvgIpc) is 2.35. The molecule has 1 N–H and O–H groups in total. The number of aliphatic hydroxyl groups excluding tert-OH is 1. The largest absolute Gasteiger partial charge is 0.395 e. The molecule has 0 amide bonds. The quantitative estimate of drug-likeness (QED) is 0.881. The van der Waals surface area contributed by atoms with Gasteiger partial charge in [0.2, 0.25) is 0 Å². The predicted molar refractivity (Wildman–Crippen MR) is 69.6 cm³/mol. The van der Waals surface area contributed by atoms with Crippen LogP contribution in [-0.2, 0) is 5.75 Å². The summed E-state index contributed by atoms with van der Waals surface area (Å²) in [4.78, 5) is 4.29. The first-order valence-corrected chi connectivity index (χ1v) is 6.40. The van der Waals surface area contributed by atoms with Gasteiger partial charge in [0.25, 0.3) is 0 Å². The van der Waals surface area contributed by atoms with Crippen molar-refractivity contribution in [3.05, 3.63) is 42.1 Å². The molecule has 1 atom stereocenters. The predicted octanol–water partition coefficient (Wildman–Crippen LogP) is 2.85. The molecule has 0 aliphatic heterocycles. The van der Waals surface area contributed by atoms with Gasteiger partial charge in [0.1, 0.15) is 0 Å². The molecule has 0 radical (unpaired) electrons. The molecule has 3 heteroatoms. The first-order chi connectivity index (χ1) is 7.79. The topological polar surface area (TPSA) is 33.1 Å². The van der Waals surface area contributed by atoms with Crippen molar-refractivity contribution < 1.29 is 5.11 Å². The summed E-state index contributed by atoms with van der Waals surface area (Å²) in [6.07, 6.45) is 1.81. The summed E-state index contributed by atoms with van der Waals surface area (Å²) in [5, 5.41) is 10.4. The molecule has 0 saturated carbocycles. The number of rotatable bonds is 4. The van der Waals surface area contributed by atoms with E-state index < -0.39 is 0 Å². The van der Waals surface area contributed by atoms with Crippen molar-refractivity contribution >= 4 is 22.7 Å². The molecule has 1 aromatic carbocycles. The van der Waals surface area contributed by atoms with Crippen LogP contribution in [0.1, 0.15) is 12.5 Å². The molecule has 0 bridgehead atoms. The molecule has 0 spiro atoms. The lowest BCUT2D eigenvalue weighted by atomic mass is 10.1. The Hall–Kier alpha value is -1.06. The molecule has 1 heterocycles. The van der Waals surface area contributed by atoms with Gasteiger partial charge in [-0.1, -0.05) is 19.1 Å². The Morgan fingerprint density at radius 2 is 2.25 bits per heavy atom. The number of hydrogen-bond donors (Lipinski definition) is 1. The first kappa shape index (κ1) is 11.4.